The number of hydrogen-bond donors (Lipinski definition) is 0. The molecule has 4 rings (SSSR count). The average molecular weight is 412 g/mol. The van der Waals surface area contributed by atoms with Crippen molar-refractivity contribution in [3.63, 3.8) is 0 Å². The second-order valence-corrected chi connectivity index (χ2v) is 7.49. The number of rotatable bonds is 6. The van der Waals surface area contributed by atoms with Crippen molar-refractivity contribution in [3.8, 4) is 0 Å². The Morgan fingerprint density at radius 3 is 2.45 bits per heavy atom. The van der Waals surface area contributed by atoms with Crippen LogP contribution in [-0.2, 0) is 11.2 Å². The molecule has 0 bridgehead atoms. The maximum Gasteiger partial charge on any atom is 0.289 e. The molecule has 3 aromatic rings. The summed E-state index contributed by atoms with van der Waals surface area (Å²) in [7, 11) is 0. The molecule has 2 aromatic heterocycles. The first kappa shape index (κ1) is 19.3. The lowest BCUT2D eigenvalue weighted by Gasteiger charge is -2.34. The first-order valence-electron chi connectivity index (χ1n) is 9.29. The van der Waals surface area contributed by atoms with Crippen LogP contribution in [0.2, 0.25) is 0 Å². The van der Waals surface area contributed by atoms with E-state index in [1.807, 2.05) is 30.3 Å². The van der Waals surface area contributed by atoms with E-state index >= 15 is 0 Å². The van der Waals surface area contributed by atoms with Crippen LogP contribution in [0.4, 0.5) is 0 Å². The molecule has 9 heteroatoms. The van der Waals surface area contributed by atoms with Crippen molar-refractivity contribution >= 4 is 23.6 Å². The molecule has 29 heavy (non-hydrogen) atoms. The highest BCUT2D eigenvalue weighted by Gasteiger charge is 2.26. The predicted molar refractivity (Wildman–Crippen MR) is 105 cm³/mol. The number of hydrogen-bond acceptors (Lipinski definition) is 7. The molecular formula is C20H20N4O4S. The Kier molecular flexibility index (Phi) is 5.95. The number of thioether (sulfide) groups is 1. The molecule has 0 spiro atoms. The Labute approximate surface area is 171 Å². The van der Waals surface area contributed by atoms with E-state index in [0.717, 1.165) is 5.56 Å². The van der Waals surface area contributed by atoms with E-state index in [-0.39, 0.29) is 17.6 Å². The molecular weight excluding hydrogens is 392 g/mol. The number of benzene rings is 1. The molecule has 2 amide bonds. The molecule has 0 atom stereocenters. The number of amides is 2. The summed E-state index contributed by atoms with van der Waals surface area (Å²) in [5.74, 6) is 0.912. The zero-order valence-electron chi connectivity index (χ0n) is 15.7. The number of aromatic nitrogens is 2. The number of piperazine rings is 1. The van der Waals surface area contributed by atoms with Crippen molar-refractivity contribution in [2.75, 3.05) is 31.9 Å². The summed E-state index contributed by atoms with van der Waals surface area (Å²) in [6.45, 7) is 1.96. The monoisotopic (exact) mass is 412 g/mol. The zero-order valence-corrected chi connectivity index (χ0v) is 16.5. The molecule has 0 radical (unpaired) electrons. The van der Waals surface area contributed by atoms with Crippen LogP contribution >= 0.6 is 11.8 Å². The third-order valence-electron chi connectivity index (χ3n) is 4.62. The Hall–Kier alpha value is -3.07. The largest absolute Gasteiger partial charge is 0.459 e. The van der Waals surface area contributed by atoms with Crippen molar-refractivity contribution in [1.29, 1.82) is 0 Å². The maximum atomic E-state index is 12.5. The number of carbonyl (C=O) groups excluding carboxylic acids is 2. The predicted octanol–water partition coefficient (Wildman–Crippen LogP) is 2.33. The van der Waals surface area contributed by atoms with Gasteiger partial charge in [0.05, 0.1) is 18.4 Å². The van der Waals surface area contributed by atoms with E-state index < -0.39 is 0 Å². The summed E-state index contributed by atoms with van der Waals surface area (Å²) in [6, 6.07) is 13.2. The lowest BCUT2D eigenvalue weighted by molar-refractivity contribution is -0.129. The number of nitrogens with zero attached hydrogens (tertiary/aromatic N) is 4. The lowest BCUT2D eigenvalue weighted by Crippen LogP contribution is -2.51. The van der Waals surface area contributed by atoms with Crippen LogP contribution in [-0.4, -0.2) is 63.7 Å². The van der Waals surface area contributed by atoms with Gasteiger partial charge in [-0.15, -0.1) is 10.2 Å². The van der Waals surface area contributed by atoms with Crippen LogP contribution in [0.25, 0.3) is 0 Å². The van der Waals surface area contributed by atoms with Crippen molar-refractivity contribution in [1.82, 2.24) is 20.0 Å². The molecule has 150 valence electrons. The highest BCUT2D eigenvalue weighted by atomic mass is 32.2. The average Bonchev–Trinajstić information content (AvgIpc) is 3.45. The van der Waals surface area contributed by atoms with Crippen molar-refractivity contribution in [2.24, 2.45) is 0 Å². The number of furan rings is 1. The fraction of sp³-hybridized carbons (Fsp3) is 0.300. The molecule has 0 N–H and O–H groups in total. The van der Waals surface area contributed by atoms with Crippen LogP contribution in [0.1, 0.15) is 22.0 Å². The molecule has 1 aliphatic rings. The third kappa shape index (κ3) is 4.86. The van der Waals surface area contributed by atoms with E-state index in [2.05, 4.69) is 10.2 Å². The van der Waals surface area contributed by atoms with Gasteiger partial charge < -0.3 is 18.6 Å². The van der Waals surface area contributed by atoms with E-state index in [0.29, 0.717) is 49.5 Å². The molecule has 1 saturated heterocycles. The van der Waals surface area contributed by atoms with Gasteiger partial charge in [0.1, 0.15) is 0 Å². The maximum absolute atomic E-state index is 12.5. The second kappa shape index (κ2) is 8.95. The topological polar surface area (TPSA) is 92.7 Å². The van der Waals surface area contributed by atoms with Crippen molar-refractivity contribution in [3.05, 3.63) is 65.9 Å². The third-order valence-corrected chi connectivity index (χ3v) is 5.42. The quantitative estimate of drug-likeness (QED) is 0.574. The van der Waals surface area contributed by atoms with Crippen LogP contribution in [0, 0.1) is 0 Å². The van der Waals surface area contributed by atoms with Gasteiger partial charge >= 0.3 is 0 Å². The molecule has 0 unspecified atom stereocenters. The second-order valence-electron chi connectivity index (χ2n) is 6.56. The zero-order chi connectivity index (χ0) is 20.1. The first-order valence-corrected chi connectivity index (χ1v) is 10.3. The van der Waals surface area contributed by atoms with Gasteiger partial charge in [-0.25, -0.2) is 0 Å². The molecule has 1 aromatic carbocycles. The van der Waals surface area contributed by atoms with Crippen LogP contribution < -0.4 is 0 Å². The smallest absolute Gasteiger partial charge is 0.289 e. The number of carbonyl (C=O) groups is 2. The fourth-order valence-electron chi connectivity index (χ4n) is 3.07. The Balaban J connectivity index is 1.23. The van der Waals surface area contributed by atoms with E-state index in [1.54, 1.807) is 21.9 Å². The standard InChI is InChI=1S/C20H20N4O4S/c25-18(23-8-10-24(11-9-23)19(26)16-7-4-12-27-16)14-29-20-22-21-17(28-20)13-15-5-2-1-3-6-15/h1-7,12H,8-11,13-14H2. The summed E-state index contributed by atoms with van der Waals surface area (Å²) < 4.78 is 10.8. The van der Waals surface area contributed by atoms with E-state index in [1.165, 1.54) is 18.0 Å². The minimum Gasteiger partial charge on any atom is -0.459 e. The van der Waals surface area contributed by atoms with Crippen molar-refractivity contribution in [2.45, 2.75) is 11.6 Å². The molecule has 0 aliphatic carbocycles. The normalized spacial score (nSPS) is 14.2. The van der Waals surface area contributed by atoms with E-state index in [9.17, 15) is 9.59 Å². The Morgan fingerprint density at radius 1 is 0.966 bits per heavy atom. The van der Waals surface area contributed by atoms with Crippen LogP contribution in [0.15, 0.2) is 62.8 Å². The summed E-state index contributed by atoms with van der Waals surface area (Å²) in [4.78, 5) is 28.2. The van der Waals surface area contributed by atoms with E-state index in [4.69, 9.17) is 8.83 Å². The minimum absolute atomic E-state index is 0.0112. The highest BCUT2D eigenvalue weighted by molar-refractivity contribution is 7.99. The molecule has 1 aliphatic heterocycles. The van der Waals surface area contributed by atoms with Gasteiger partial charge in [0.25, 0.3) is 11.1 Å². The van der Waals surface area contributed by atoms with Crippen molar-refractivity contribution < 1.29 is 18.4 Å². The lowest BCUT2D eigenvalue weighted by atomic mass is 10.2. The van der Waals surface area contributed by atoms with Crippen LogP contribution in [0.5, 0.6) is 0 Å². The summed E-state index contributed by atoms with van der Waals surface area (Å²) in [5, 5.41) is 8.43. The van der Waals surface area contributed by atoms with Gasteiger partial charge in [-0.1, -0.05) is 42.1 Å². The minimum atomic E-state index is -0.145. The first-order chi connectivity index (χ1) is 14.2. The summed E-state index contributed by atoms with van der Waals surface area (Å²) in [6.07, 6.45) is 2.04. The molecule has 0 saturated carbocycles. The Bertz CT molecular complexity index is 950. The molecule has 1 fully saturated rings. The SMILES string of the molecule is O=C(CSc1nnc(Cc2ccccc2)o1)N1CCN(C(=O)c2ccco2)CC1. The highest BCUT2D eigenvalue weighted by Crippen LogP contribution is 2.19. The van der Waals surface area contributed by atoms with Gasteiger partial charge in [-0.05, 0) is 17.7 Å². The molecule has 8 nitrogen and oxygen atoms in total. The summed E-state index contributed by atoms with van der Waals surface area (Å²) in [5.41, 5.74) is 1.09. The Morgan fingerprint density at radius 2 is 1.72 bits per heavy atom. The van der Waals surface area contributed by atoms with Gasteiger partial charge in [0, 0.05) is 26.2 Å². The van der Waals surface area contributed by atoms with Gasteiger partial charge in [-0.2, -0.15) is 0 Å². The van der Waals surface area contributed by atoms with Gasteiger partial charge in [0.15, 0.2) is 5.76 Å². The fourth-order valence-corrected chi connectivity index (χ4v) is 3.75. The van der Waals surface area contributed by atoms with Gasteiger partial charge in [-0.3, -0.25) is 9.59 Å². The summed E-state index contributed by atoms with van der Waals surface area (Å²) >= 11 is 1.23. The van der Waals surface area contributed by atoms with Crippen LogP contribution in [0.3, 0.4) is 0 Å². The molecule has 3 heterocycles. The van der Waals surface area contributed by atoms with Gasteiger partial charge in [0.2, 0.25) is 11.8 Å².